The molecule has 2 rings (SSSR count). The maximum absolute atomic E-state index is 12.2. The van der Waals surface area contributed by atoms with Crippen molar-refractivity contribution in [2.45, 2.75) is 12.6 Å². The predicted molar refractivity (Wildman–Crippen MR) is 56.8 cm³/mol. The van der Waals surface area contributed by atoms with Crippen LogP contribution in [0.25, 0.3) is 0 Å². The van der Waals surface area contributed by atoms with Gasteiger partial charge in [0, 0.05) is 0 Å². The fraction of sp³-hybridized carbons (Fsp3) is 0.455. The topological polar surface area (TPSA) is 53.8 Å². The fourth-order valence-electron chi connectivity index (χ4n) is 1.80. The lowest BCUT2D eigenvalue weighted by Crippen LogP contribution is -2.37. The number of carbonyl (C=O) groups excluding carboxylic acids is 2. The summed E-state index contributed by atoms with van der Waals surface area (Å²) < 4.78 is 41.4. The SMILES string of the molecule is O=C(Cc1ccoc1)N1CC(=O)N(CC(F)(F)F)C1. The van der Waals surface area contributed by atoms with Crippen LogP contribution >= 0.6 is 0 Å². The predicted octanol–water partition coefficient (Wildman–Crippen LogP) is 1.01. The minimum atomic E-state index is -4.46. The summed E-state index contributed by atoms with van der Waals surface area (Å²) in [6.07, 6.45) is -1.68. The number of nitrogens with zero attached hydrogens (tertiary/aromatic N) is 2. The molecule has 1 aromatic rings. The highest BCUT2D eigenvalue weighted by Crippen LogP contribution is 2.19. The number of rotatable bonds is 3. The van der Waals surface area contributed by atoms with Gasteiger partial charge in [-0.1, -0.05) is 0 Å². The van der Waals surface area contributed by atoms with Gasteiger partial charge in [-0.15, -0.1) is 0 Å². The first-order chi connectivity index (χ1) is 8.85. The van der Waals surface area contributed by atoms with Crippen molar-refractivity contribution >= 4 is 11.8 Å². The number of halogens is 3. The molecule has 1 aromatic heterocycles. The summed E-state index contributed by atoms with van der Waals surface area (Å²) in [6.45, 7) is -1.97. The summed E-state index contributed by atoms with van der Waals surface area (Å²) in [5.41, 5.74) is 0.617. The normalized spacial score (nSPS) is 16.3. The second kappa shape index (κ2) is 4.94. The van der Waals surface area contributed by atoms with E-state index < -0.39 is 24.5 Å². The van der Waals surface area contributed by atoms with Crippen molar-refractivity contribution in [2.24, 2.45) is 0 Å². The lowest BCUT2D eigenvalue weighted by Gasteiger charge is -2.19. The Morgan fingerprint density at radius 3 is 2.74 bits per heavy atom. The van der Waals surface area contributed by atoms with Crippen LogP contribution in [-0.4, -0.2) is 47.5 Å². The smallest absolute Gasteiger partial charge is 0.406 e. The zero-order chi connectivity index (χ0) is 14.0. The van der Waals surface area contributed by atoms with Crippen LogP contribution in [-0.2, 0) is 16.0 Å². The first-order valence-corrected chi connectivity index (χ1v) is 5.48. The first kappa shape index (κ1) is 13.4. The van der Waals surface area contributed by atoms with Crippen molar-refractivity contribution in [3.63, 3.8) is 0 Å². The van der Waals surface area contributed by atoms with Gasteiger partial charge in [0.2, 0.25) is 11.8 Å². The first-order valence-electron chi connectivity index (χ1n) is 5.48. The molecule has 19 heavy (non-hydrogen) atoms. The van der Waals surface area contributed by atoms with Gasteiger partial charge < -0.3 is 14.2 Å². The standard InChI is InChI=1S/C11H11F3N2O3/c12-11(13,14)6-16-7-15(4-10(16)18)9(17)3-8-1-2-19-5-8/h1-2,5H,3-4,6-7H2. The molecule has 0 spiro atoms. The molecular formula is C11H11F3N2O3. The average Bonchev–Trinajstić information content (AvgIpc) is 2.88. The molecule has 0 bridgehead atoms. The number of carbonyl (C=O) groups is 2. The minimum absolute atomic E-state index is 0.00361. The van der Waals surface area contributed by atoms with Crippen molar-refractivity contribution in [2.75, 3.05) is 19.8 Å². The lowest BCUT2D eigenvalue weighted by atomic mass is 10.2. The maximum atomic E-state index is 12.2. The van der Waals surface area contributed by atoms with E-state index in [1.807, 2.05) is 0 Å². The highest BCUT2D eigenvalue weighted by molar-refractivity contribution is 5.88. The number of furan rings is 1. The molecule has 1 aliphatic heterocycles. The molecule has 0 aliphatic carbocycles. The zero-order valence-electron chi connectivity index (χ0n) is 9.81. The van der Waals surface area contributed by atoms with E-state index in [1.54, 1.807) is 6.07 Å². The van der Waals surface area contributed by atoms with Gasteiger partial charge in [0.05, 0.1) is 25.6 Å². The van der Waals surface area contributed by atoms with Crippen LogP contribution in [0.3, 0.4) is 0 Å². The van der Waals surface area contributed by atoms with E-state index in [2.05, 4.69) is 0 Å². The van der Waals surface area contributed by atoms with E-state index in [1.165, 1.54) is 12.5 Å². The quantitative estimate of drug-likeness (QED) is 0.828. The summed E-state index contributed by atoms with van der Waals surface area (Å²) in [7, 11) is 0. The van der Waals surface area contributed by atoms with Crippen LogP contribution in [0, 0.1) is 0 Å². The van der Waals surface area contributed by atoms with Gasteiger partial charge in [-0.25, -0.2) is 0 Å². The molecule has 0 radical (unpaired) electrons. The molecule has 0 atom stereocenters. The lowest BCUT2D eigenvalue weighted by molar-refractivity contribution is -0.157. The van der Waals surface area contributed by atoms with Crippen LogP contribution in [0.15, 0.2) is 23.0 Å². The molecular weight excluding hydrogens is 265 g/mol. The third-order valence-electron chi connectivity index (χ3n) is 2.68. The highest BCUT2D eigenvalue weighted by atomic mass is 19.4. The van der Waals surface area contributed by atoms with Crippen LogP contribution in [0.4, 0.5) is 13.2 Å². The molecule has 1 saturated heterocycles. The van der Waals surface area contributed by atoms with Gasteiger partial charge in [0.25, 0.3) is 0 Å². The van der Waals surface area contributed by atoms with Gasteiger partial charge in [-0.05, 0) is 11.6 Å². The molecule has 1 fully saturated rings. The number of hydrogen-bond acceptors (Lipinski definition) is 3. The maximum Gasteiger partial charge on any atom is 0.406 e. The van der Waals surface area contributed by atoms with Crippen LogP contribution in [0.2, 0.25) is 0 Å². The van der Waals surface area contributed by atoms with Crippen LogP contribution < -0.4 is 0 Å². The van der Waals surface area contributed by atoms with E-state index in [9.17, 15) is 22.8 Å². The van der Waals surface area contributed by atoms with Gasteiger partial charge in [-0.3, -0.25) is 9.59 Å². The van der Waals surface area contributed by atoms with Crippen LogP contribution in [0.1, 0.15) is 5.56 Å². The molecule has 104 valence electrons. The van der Waals surface area contributed by atoms with E-state index in [0.717, 1.165) is 4.90 Å². The highest BCUT2D eigenvalue weighted by Gasteiger charge is 2.38. The zero-order valence-corrected chi connectivity index (χ0v) is 9.81. The molecule has 5 nitrogen and oxygen atoms in total. The summed E-state index contributed by atoms with van der Waals surface area (Å²) >= 11 is 0. The summed E-state index contributed by atoms with van der Waals surface area (Å²) in [5, 5.41) is 0. The summed E-state index contributed by atoms with van der Waals surface area (Å²) in [4.78, 5) is 24.9. The van der Waals surface area contributed by atoms with E-state index in [4.69, 9.17) is 4.42 Å². The molecule has 0 aromatic carbocycles. The van der Waals surface area contributed by atoms with Crippen molar-refractivity contribution < 1.29 is 27.2 Å². The van der Waals surface area contributed by atoms with Crippen molar-refractivity contribution in [3.8, 4) is 0 Å². The molecule has 0 unspecified atom stereocenters. The van der Waals surface area contributed by atoms with E-state index >= 15 is 0 Å². The molecule has 2 amide bonds. The molecule has 8 heteroatoms. The van der Waals surface area contributed by atoms with Gasteiger partial charge in [-0.2, -0.15) is 13.2 Å². The number of hydrogen-bond donors (Lipinski definition) is 0. The van der Waals surface area contributed by atoms with Gasteiger partial charge in [0.1, 0.15) is 13.1 Å². The summed E-state index contributed by atoms with van der Waals surface area (Å²) in [5.74, 6) is -1.10. The van der Waals surface area contributed by atoms with Gasteiger partial charge >= 0.3 is 6.18 Å². The van der Waals surface area contributed by atoms with E-state index in [0.29, 0.717) is 10.5 Å². The van der Waals surface area contributed by atoms with Crippen molar-refractivity contribution in [1.29, 1.82) is 0 Å². The fourth-order valence-corrected chi connectivity index (χ4v) is 1.80. The van der Waals surface area contributed by atoms with Crippen LogP contribution in [0.5, 0.6) is 0 Å². The third kappa shape index (κ3) is 3.49. The Kier molecular flexibility index (Phi) is 3.50. The second-order valence-corrected chi connectivity index (χ2v) is 4.25. The Hall–Kier alpha value is -1.99. The van der Waals surface area contributed by atoms with Crippen molar-refractivity contribution in [1.82, 2.24) is 9.80 Å². The van der Waals surface area contributed by atoms with E-state index in [-0.39, 0.29) is 19.6 Å². The number of alkyl halides is 3. The molecule has 2 heterocycles. The Morgan fingerprint density at radius 2 is 2.16 bits per heavy atom. The van der Waals surface area contributed by atoms with Crippen molar-refractivity contribution in [3.05, 3.63) is 24.2 Å². The Balaban J connectivity index is 1.93. The second-order valence-electron chi connectivity index (χ2n) is 4.25. The Labute approximate surface area is 106 Å². The molecule has 0 N–H and O–H groups in total. The monoisotopic (exact) mass is 276 g/mol. The Morgan fingerprint density at radius 1 is 1.42 bits per heavy atom. The average molecular weight is 276 g/mol. The minimum Gasteiger partial charge on any atom is -0.472 e. The van der Waals surface area contributed by atoms with Gasteiger partial charge in [0.15, 0.2) is 0 Å². The number of amides is 2. The molecule has 0 saturated carbocycles. The molecule has 1 aliphatic rings. The largest absolute Gasteiger partial charge is 0.472 e. The summed E-state index contributed by atoms with van der Waals surface area (Å²) in [6, 6.07) is 1.59. The third-order valence-corrected chi connectivity index (χ3v) is 2.68. The Bertz CT molecular complexity index is 470.